The molecule has 1 atom stereocenters. The summed E-state index contributed by atoms with van der Waals surface area (Å²) in [5.74, 6) is -1.42. The summed E-state index contributed by atoms with van der Waals surface area (Å²) < 4.78 is 37.3. The lowest BCUT2D eigenvalue weighted by molar-refractivity contribution is -0.138. The van der Waals surface area contributed by atoms with Gasteiger partial charge < -0.3 is 25.0 Å². The third-order valence-corrected chi connectivity index (χ3v) is 7.03. The summed E-state index contributed by atoms with van der Waals surface area (Å²) in [7, 11) is -4.08. The highest BCUT2D eigenvalue weighted by molar-refractivity contribution is 7.89. The molecule has 186 valence electrons. The highest BCUT2D eigenvalue weighted by atomic mass is 32.2. The van der Waals surface area contributed by atoms with Crippen LogP contribution in [0.4, 0.5) is 0 Å². The topological polar surface area (TPSA) is 160 Å². The second-order valence-electron chi connectivity index (χ2n) is 8.10. The number of carbonyl (C=O) groups is 2. The number of nitrogens with one attached hydrogen (secondary N) is 3. The zero-order valence-corrected chi connectivity index (χ0v) is 19.6. The number of ether oxygens (including phenoxy) is 1. The molecule has 1 aliphatic heterocycles. The van der Waals surface area contributed by atoms with Crippen molar-refractivity contribution in [2.24, 2.45) is 5.92 Å². The minimum Gasteiger partial charge on any atom is -0.480 e. The van der Waals surface area contributed by atoms with Crippen LogP contribution in [0, 0.1) is 5.92 Å². The van der Waals surface area contributed by atoms with Gasteiger partial charge in [-0.15, -0.1) is 0 Å². The van der Waals surface area contributed by atoms with Gasteiger partial charge in [-0.05, 0) is 62.0 Å². The molecule has 1 amide bonds. The number of sulfonamides is 1. The molecule has 1 saturated heterocycles. The maximum Gasteiger partial charge on any atom is 0.323 e. The van der Waals surface area contributed by atoms with E-state index in [-0.39, 0.29) is 16.5 Å². The molecule has 0 radical (unpaired) electrons. The number of nitrogens with zero attached hydrogens (tertiary/aromatic N) is 1. The van der Waals surface area contributed by atoms with Crippen molar-refractivity contribution in [1.29, 1.82) is 0 Å². The number of carbonyl (C=O) groups excluding carboxylic acids is 1. The van der Waals surface area contributed by atoms with Crippen molar-refractivity contribution < 1.29 is 32.4 Å². The van der Waals surface area contributed by atoms with Crippen LogP contribution in [-0.2, 0) is 14.8 Å². The number of unbranched alkanes of at least 4 members (excludes halogenated alkanes) is 1. The molecule has 1 aromatic heterocycles. The van der Waals surface area contributed by atoms with E-state index in [0.717, 1.165) is 38.3 Å². The van der Waals surface area contributed by atoms with Crippen LogP contribution in [0.3, 0.4) is 0 Å². The Kier molecular flexibility index (Phi) is 9.42. The standard InChI is InChI=1S/C22H30N4O7S/c27-21(24-15-18(22(28)29)26-34(30,31)17-7-2-1-3-8-17)19-14-20(25-33-19)32-13-5-4-6-16-9-11-23-12-10-16/h1-3,7-8,14,16,18,23,26H,4-6,9-13,15H2,(H,24,27)(H,28,29)/t18-/m0/s1. The average Bonchev–Trinajstić information content (AvgIpc) is 3.31. The van der Waals surface area contributed by atoms with Gasteiger partial charge in [-0.3, -0.25) is 9.59 Å². The van der Waals surface area contributed by atoms with Crippen LogP contribution in [0.1, 0.15) is 42.7 Å². The lowest BCUT2D eigenvalue weighted by atomic mass is 9.93. The van der Waals surface area contributed by atoms with E-state index in [0.29, 0.717) is 6.61 Å². The first-order valence-corrected chi connectivity index (χ1v) is 12.7. The molecular weight excluding hydrogens is 464 g/mol. The first kappa shape index (κ1) is 25.7. The quantitative estimate of drug-likeness (QED) is 0.302. The Balaban J connectivity index is 1.42. The summed E-state index contributed by atoms with van der Waals surface area (Å²) in [4.78, 5) is 23.7. The summed E-state index contributed by atoms with van der Waals surface area (Å²) in [6.45, 7) is 2.11. The molecule has 0 saturated carbocycles. The van der Waals surface area contributed by atoms with E-state index in [9.17, 15) is 23.1 Å². The first-order valence-electron chi connectivity index (χ1n) is 11.2. The third-order valence-electron chi connectivity index (χ3n) is 5.54. The lowest BCUT2D eigenvalue weighted by Crippen LogP contribution is -2.48. The summed E-state index contributed by atoms with van der Waals surface area (Å²) in [5.41, 5.74) is 0. The van der Waals surface area contributed by atoms with Crippen molar-refractivity contribution in [2.45, 2.75) is 43.0 Å². The molecule has 2 aromatic rings. The van der Waals surface area contributed by atoms with Gasteiger partial charge in [0.05, 0.1) is 17.6 Å². The zero-order valence-electron chi connectivity index (χ0n) is 18.7. The van der Waals surface area contributed by atoms with Gasteiger partial charge in [-0.25, -0.2) is 8.42 Å². The van der Waals surface area contributed by atoms with Crippen molar-refractivity contribution >= 4 is 21.9 Å². The summed E-state index contributed by atoms with van der Waals surface area (Å²) in [5, 5.41) is 18.7. The number of piperidine rings is 1. The van der Waals surface area contributed by atoms with Gasteiger partial charge in [0.25, 0.3) is 11.8 Å². The van der Waals surface area contributed by atoms with Gasteiger partial charge in [-0.2, -0.15) is 4.72 Å². The molecule has 0 spiro atoms. The largest absolute Gasteiger partial charge is 0.480 e. The molecule has 2 heterocycles. The fourth-order valence-corrected chi connectivity index (χ4v) is 4.84. The van der Waals surface area contributed by atoms with E-state index in [1.807, 2.05) is 0 Å². The normalized spacial score (nSPS) is 15.5. The SMILES string of the molecule is O=C(NC[C@H](NS(=O)(=O)c1ccccc1)C(=O)O)c1cc(OCCCCC2CCNCC2)no1. The van der Waals surface area contributed by atoms with Crippen LogP contribution in [0.15, 0.2) is 45.8 Å². The number of rotatable bonds is 13. The summed E-state index contributed by atoms with van der Waals surface area (Å²) in [6, 6.07) is 7.08. The number of carboxylic acid groups (broad SMARTS) is 1. The summed E-state index contributed by atoms with van der Waals surface area (Å²) in [6.07, 6.45) is 5.49. The van der Waals surface area contributed by atoms with Crippen molar-refractivity contribution in [1.82, 2.24) is 20.5 Å². The predicted molar refractivity (Wildman–Crippen MR) is 122 cm³/mol. The van der Waals surface area contributed by atoms with Crippen LogP contribution in [-0.4, -0.2) is 62.8 Å². The Morgan fingerprint density at radius 3 is 2.65 bits per heavy atom. The van der Waals surface area contributed by atoms with E-state index < -0.39 is 34.5 Å². The molecule has 1 aromatic carbocycles. The van der Waals surface area contributed by atoms with Crippen molar-refractivity contribution in [3.63, 3.8) is 0 Å². The fraction of sp³-hybridized carbons (Fsp3) is 0.500. The number of aromatic nitrogens is 1. The molecule has 11 nitrogen and oxygen atoms in total. The molecular formula is C22H30N4O7S. The van der Waals surface area contributed by atoms with E-state index in [4.69, 9.17) is 9.26 Å². The molecule has 12 heteroatoms. The molecule has 0 bridgehead atoms. The molecule has 34 heavy (non-hydrogen) atoms. The highest BCUT2D eigenvalue weighted by Gasteiger charge is 2.26. The Morgan fingerprint density at radius 1 is 1.21 bits per heavy atom. The second-order valence-corrected chi connectivity index (χ2v) is 9.82. The van der Waals surface area contributed by atoms with Crippen molar-refractivity contribution in [3.8, 4) is 5.88 Å². The predicted octanol–water partition coefficient (Wildman–Crippen LogP) is 1.38. The van der Waals surface area contributed by atoms with Crippen LogP contribution in [0.25, 0.3) is 0 Å². The Hall–Kier alpha value is -2.96. The number of hydrogen-bond donors (Lipinski definition) is 4. The monoisotopic (exact) mass is 494 g/mol. The first-order chi connectivity index (χ1) is 16.3. The Bertz CT molecular complexity index is 1040. The van der Waals surface area contributed by atoms with Crippen LogP contribution in [0.2, 0.25) is 0 Å². The molecule has 3 rings (SSSR count). The van der Waals surface area contributed by atoms with Crippen LogP contribution >= 0.6 is 0 Å². The van der Waals surface area contributed by atoms with Crippen molar-refractivity contribution in [2.75, 3.05) is 26.2 Å². The zero-order chi connectivity index (χ0) is 24.4. The van der Waals surface area contributed by atoms with Crippen LogP contribution < -0.4 is 20.1 Å². The smallest absolute Gasteiger partial charge is 0.323 e. The fourth-order valence-electron chi connectivity index (χ4n) is 3.63. The molecule has 0 unspecified atom stereocenters. The maximum absolute atomic E-state index is 12.4. The third kappa shape index (κ3) is 7.82. The number of benzene rings is 1. The van der Waals surface area contributed by atoms with E-state index in [1.165, 1.54) is 43.2 Å². The van der Waals surface area contributed by atoms with Gasteiger partial charge in [0.1, 0.15) is 6.04 Å². The highest BCUT2D eigenvalue weighted by Crippen LogP contribution is 2.19. The van der Waals surface area contributed by atoms with Crippen molar-refractivity contribution in [3.05, 3.63) is 42.2 Å². The average molecular weight is 495 g/mol. The van der Waals surface area contributed by atoms with Gasteiger partial charge >= 0.3 is 5.97 Å². The minimum atomic E-state index is -4.08. The Morgan fingerprint density at radius 2 is 1.94 bits per heavy atom. The lowest BCUT2D eigenvalue weighted by Gasteiger charge is -2.22. The molecule has 0 aliphatic carbocycles. The van der Waals surface area contributed by atoms with Gasteiger partial charge in [0.2, 0.25) is 15.8 Å². The molecule has 1 aliphatic rings. The minimum absolute atomic E-state index is 0.0830. The van der Waals surface area contributed by atoms with E-state index in [2.05, 4.69) is 20.5 Å². The maximum atomic E-state index is 12.4. The number of hydrogen-bond acceptors (Lipinski definition) is 8. The van der Waals surface area contributed by atoms with Gasteiger partial charge in [0, 0.05) is 6.54 Å². The van der Waals surface area contributed by atoms with E-state index in [1.54, 1.807) is 6.07 Å². The van der Waals surface area contributed by atoms with Gasteiger partial charge in [0.15, 0.2) is 0 Å². The van der Waals surface area contributed by atoms with Gasteiger partial charge in [-0.1, -0.05) is 24.6 Å². The Labute approximate surface area is 198 Å². The van der Waals surface area contributed by atoms with E-state index >= 15 is 0 Å². The summed E-state index contributed by atoms with van der Waals surface area (Å²) >= 11 is 0. The number of carboxylic acids is 1. The molecule has 1 fully saturated rings. The number of amides is 1. The second kappa shape index (κ2) is 12.5. The number of aliphatic carboxylic acids is 1. The molecule has 4 N–H and O–H groups in total. The van der Waals surface area contributed by atoms with Crippen LogP contribution in [0.5, 0.6) is 5.88 Å².